The molecule has 0 aliphatic carbocycles. The van der Waals surface area contributed by atoms with E-state index >= 15 is 0 Å². The fourth-order valence-electron chi connectivity index (χ4n) is 2.49. The van der Waals surface area contributed by atoms with Crippen molar-refractivity contribution in [2.24, 2.45) is 0 Å². The Kier molecular flexibility index (Phi) is 6.13. The number of thioether (sulfide) groups is 1. The lowest BCUT2D eigenvalue weighted by atomic mass is 10.2. The summed E-state index contributed by atoms with van der Waals surface area (Å²) in [5, 5.41) is 11.9. The maximum absolute atomic E-state index is 13.7. The number of nitrogens with zero attached hydrogens (tertiary/aromatic N) is 3. The summed E-state index contributed by atoms with van der Waals surface area (Å²) < 4.78 is 24.9. The lowest BCUT2D eigenvalue weighted by Crippen LogP contribution is -2.04. The van der Waals surface area contributed by atoms with E-state index in [0.29, 0.717) is 16.0 Å². The molecule has 5 nitrogen and oxygen atoms in total. The Morgan fingerprint density at radius 2 is 1.97 bits per heavy atom. The van der Waals surface area contributed by atoms with E-state index in [1.807, 2.05) is 29.6 Å². The SMILES string of the molecule is CC(Oc1ccccc1F)c1nnc(SCc2csc(-c3ccccc3Cl)n2)o1. The zero-order chi connectivity index (χ0) is 20.2. The molecule has 0 saturated carbocycles. The Bertz CT molecular complexity index is 1120. The minimum Gasteiger partial charge on any atom is -0.478 e. The van der Waals surface area contributed by atoms with Gasteiger partial charge in [-0.3, -0.25) is 0 Å². The largest absolute Gasteiger partial charge is 0.478 e. The molecule has 0 radical (unpaired) electrons. The molecule has 0 bridgehead atoms. The van der Waals surface area contributed by atoms with Crippen LogP contribution in [0.2, 0.25) is 5.02 Å². The fraction of sp³-hybridized carbons (Fsp3) is 0.150. The van der Waals surface area contributed by atoms with Crippen LogP contribution in [0, 0.1) is 5.82 Å². The minimum atomic E-state index is -0.570. The van der Waals surface area contributed by atoms with Gasteiger partial charge in [-0.15, -0.1) is 21.5 Å². The van der Waals surface area contributed by atoms with Crippen LogP contribution in [-0.2, 0) is 5.75 Å². The molecule has 29 heavy (non-hydrogen) atoms. The van der Waals surface area contributed by atoms with Gasteiger partial charge in [-0.05, 0) is 25.1 Å². The third-order valence-electron chi connectivity index (χ3n) is 3.91. The molecular weight excluding hydrogens is 433 g/mol. The molecule has 9 heteroatoms. The Labute approximate surface area is 179 Å². The molecule has 0 aliphatic heterocycles. The van der Waals surface area contributed by atoms with Crippen LogP contribution in [0.5, 0.6) is 5.75 Å². The van der Waals surface area contributed by atoms with E-state index in [9.17, 15) is 4.39 Å². The highest BCUT2D eigenvalue weighted by atomic mass is 35.5. The summed E-state index contributed by atoms with van der Waals surface area (Å²) in [7, 11) is 0. The normalized spacial score (nSPS) is 12.1. The molecule has 2 aromatic carbocycles. The van der Waals surface area contributed by atoms with Gasteiger partial charge in [0.2, 0.25) is 0 Å². The smallest absolute Gasteiger partial charge is 0.277 e. The van der Waals surface area contributed by atoms with Crippen molar-refractivity contribution in [2.75, 3.05) is 0 Å². The summed E-state index contributed by atoms with van der Waals surface area (Å²) in [5.74, 6) is 0.560. The van der Waals surface area contributed by atoms with E-state index in [2.05, 4.69) is 15.2 Å². The van der Waals surface area contributed by atoms with Crippen LogP contribution in [0.25, 0.3) is 10.6 Å². The van der Waals surface area contributed by atoms with Crippen LogP contribution >= 0.6 is 34.7 Å². The van der Waals surface area contributed by atoms with Crippen molar-refractivity contribution in [3.8, 4) is 16.3 Å². The number of halogens is 2. The van der Waals surface area contributed by atoms with Crippen LogP contribution in [0.4, 0.5) is 4.39 Å². The van der Waals surface area contributed by atoms with Crippen LogP contribution in [-0.4, -0.2) is 15.2 Å². The molecule has 4 rings (SSSR count). The van der Waals surface area contributed by atoms with Gasteiger partial charge < -0.3 is 9.15 Å². The zero-order valence-corrected chi connectivity index (χ0v) is 17.6. The van der Waals surface area contributed by atoms with E-state index in [0.717, 1.165) is 16.3 Å². The van der Waals surface area contributed by atoms with Gasteiger partial charge in [0.25, 0.3) is 11.1 Å². The van der Waals surface area contributed by atoms with Crippen molar-refractivity contribution in [3.63, 3.8) is 0 Å². The predicted molar refractivity (Wildman–Crippen MR) is 112 cm³/mol. The van der Waals surface area contributed by atoms with E-state index in [1.54, 1.807) is 25.1 Å². The molecular formula is C20H15ClFN3O2S2. The number of hydrogen-bond donors (Lipinski definition) is 0. The highest BCUT2D eigenvalue weighted by Gasteiger charge is 2.18. The van der Waals surface area contributed by atoms with Gasteiger partial charge in [0.1, 0.15) is 5.01 Å². The van der Waals surface area contributed by atoms with Gasteiger partial charge in [0, 0.05) is 16.7 Å². The summed E-state index contributed by atoms with van der Waals surface area (Å²) in [6.07, 6.45) is -0.570. The van der Waals surface area contributed by atoms with Crippen LogP contribution < -0.4 is 4.74 Å². The number of ether oxygens (including phenoxy) is 1. The molecule has 0 amide bonds. The number of rotatable bonds is 7. The molecule has 1 unspecified atom stereocenters. The van der Waals surface area contributed by atoms with Crippen molar-refractivity contribution in [3.05, 3.63) is 76.3 Å². The molecule has 4 aromatic rings. The number of hydrogen-bond acceptors (Lipinski definition) is 7. The average molecular weight is 448 g/mol. The van der Waals surface area contributed by atoms with E-state index in [1.165, 1.54) is 29.2 Å². The predicted octanol–water partition coefficient (Wildman–Crippen LogP) is 6.42. The Balaban J connectivity index is 1.37. The van der Waals surface area contributed by atoms with Crippen molar-refractivity contribution < 1.29 is 13.5 Å². The molecule has 1 atom stereocenters. The quantitative estimate of drug-likeness (QED) is 0.305. The standard InChI is InChI=1S/C20H15ClFN3O2S2/c1-12(26-17-9-5-4-8-16(17)22)18-24-25-20(27-18)29-11-13-10-28-19(23-13)14-6-2-3-7-15(14)21/h2-10,12H,11H2,1H3. The minimum absolute atomic E-state index is 0.141. The van der Waals surface area contributed by atoms with Crippen molar-refractivity contribution in [2.45, 2.75) is 24.0 Å². The highest BCUT2D eigenvalue weighted by Crippen LogP contribution is 2.32. The second kappa shape index (κ2) is 8.94. The highest BCUT2D eigenvalue weighted by molar-refractivity contribution is 7.98. The molecule has 0 N–H and O–H groups in total. The lowest BCUT2D eigenvalue weighted by molar-refractivity contribution is 0.174. The maximum Gasteiger partial charge on any atom is 0.277 e. The van der Waals surface area contributed by atoms with Gasteiger partial charge in [-0.25, -0.2) is 9.37 Å². The molecule has 0 saturated heterocycles. The second-order valence-electron chi connectivity index (χ2n) is 6.01. The first kappa shape index (κ1) is 19.9. The third-order valence-corrected chi connectivity index (χ3v) is 6.02. The van der Waals surface area contributed by atoms with Gasteiger partial charge in [0.15, 0.2) is 17.7 Å². The molecule has 2 heterocycles. The molecule has 0 aliphatic rings. The van der Waals surface area contributed by atoms with Gasteiger partial charge in [-0.2, -0.15) is 0 Å². The third kappa shape index (κ3) is 4.77. The summed E-state index contributed by atoms with van der Waals surface area (Å²) in [6, 6.07) is 13.8. The number of thiazole rings is 1. The Morgan fingerprint density at radius 1 is 1.17 bits per heavy atom. The van der Waals surface area contributed by atoms with E-state index < -0.39 is 11.9 Å². The molecule has 0 fully saturated rings. The molecule has 148 valence electrons. The summed E-state index contributed by atoms with van der Waals surface area (Å²) in [5.41, 5.74) is 1.81. The lowest BCUT2D eigenvalue weighted by Gasteiger charge is -2.11. The first-order valence-electron chi connectivity index (χ1n) is 8.67. The van der Waals surface area contributed by atoms with Crippen molar-refractivity contribution in [1.82, 2.24) is 15.2 Å². The fourth-order valence-corrected chi connectivity index (χ4v) is 4.40. The van der Waals surface area contributed by atoms with E-state index in [4.69, 9.17) is 20.8 Å². The summed E-state index contributed by atoms with van der Waals surface area (Å²) >= 11 is 9.14. The first-order valence-corrected chi connectivity index (χ1v) is 10.9. The number of aromatic nitrogens is 3. The zero-order valence-electron chi connectivity index (χ0n) is 15.2. The van der Waals surface area contributed by atoms with Gasteiger partial charge in [-0.1, -0.05) is 53.7 Å². The first-order chi connectivity index (χ1) is 14.1. The van der Waals surface area contributed by atoms with Crippen LogP contribution in [0.3, 0.4) is 0 Å². The monoisotopic (exact) mass is 447 g/mol. The number of para-hydroxylation sites is 1. The maximum atomic E-state index is 13.7. The Morgan fingerprint density at radius 3 is 2.79 bits per heavy atom. The number of benzene rings is 2. The van der Waals surface area contributed by atoms with Gasteiger partial charge in [0.05, 0.1) is 10.7 Å². The van der Waals surface area contributed by atoms with Crippen LogP contribution in [0.1, 0.15) is 24.6 Å². The topological polar surface area (TPSA) is 61.0 Å². The summed E-state index contributed by atoms with van der Waals surface area (Å²) in [4.78, 5) is 4.62. The van der Waals surface area contributed by atoms with Gasteiger partial charge >= 0.3 is 0 Å². The van der Waals surface area contributed by atoms with Crippen molar-refractivity contribution >= 4 is 34.7 Å². The van der Waals surface area contributed by atoms with E-state index in [-0.39, 0.29) is 11.6 Å². The molecule has 0 spiro atoms. The van der Waals surface area contributed by atoms with Crippen LogP contribution in [0.15, 0.2) is 63.6 Å². The average Bonchev–Trinajstić information content (AvgIpc) is 3.38. The second-order valence-corrected chi connectivity index (χ2v) is 8.20. The summed E-state index contributed by atoms with van der Waals surface area (Å²) in [6.45, 7) is 1.73. The van der Waals surface area contributed by atoms with Crippen molar-refractivity contribution in [1.29, 1.82) is 0 Å². The Hall–Kier alpha value is -2.42. The molecule has 2 aromatic heterocycles.